The summed E-state index contributed by atoms with van der Waals surface area (Å²) in [5.41, 5.74) is -1.03. The number of aliphatic carboxylic acids is 1. The van der Waals surface area contributed by atoms with E-state index < -0.39 is 27.7 Å². The van der Waals surface area contributed by atoms with Crippen molar-refractivity contribution in [3.05, 3.63) is 29.3 Å². The third-order valence-corrected chi connectivity index (χ3v) is 6.03. The molecule has 146 valence electrons. The van der Waals surface area contributed by atoms with Gasteiger partial charge in [-0.05, 0) is 50.1 Å². The number of likely N-dealkylation sites (N-methyl/N-ethyl adjacent to an activating group) is 1. The Kier molecular flexibility index (Phi) is 5.99. The molecular weight excluding hydrogens is 373 g/mol. The van der Waals surface area contributed by atoms with Gasteiger partial charge in [0.1, 0.15) is 0 Å². The Balaban J connectivity index is 2.02. The molecule has 2 rings (SSSR count). The number of hydrogen-bond donors (Lipinski definition) is 2. The molecule has 2 N–H and O–H groups in total. The number of rotatable bonds is 7. The van der Waals surface area contributed by atoms with Gasteiger partial charge in [-0.25, -0.2) is 13.1 Å². The fraction of sp³-hybridized carbons (Fsp3) is 0.562. The minimum absolute atomic E-state index is 0.0295. The average molecular weight is 394 g/mol. The van der Waals surface area contributed by atoms with E-state index in [1.165, 1.54) is 6.92 Å². The maximum atomic E-state index is 12.8. The maximum absolute atomic E-state index is 12.8. The summed E-state index contributed by atoms with van der Waals surface area (Å²) >= 11 is 0. The predicted molar refractivity (Wildman–Crippen MR) is 88.2 cm³/mol. The second-order valence-corrected chi connectivity index (χ2v) is 8.09. The molecule has 0 spiro atoms. The van der Waals surface area contributed by atoms with Crippen LogP contribution in [-0.2, 0) is 21.0 Å². The SMILES string of the molecule is CCN(CC(=O)O)C1CC(NS(=O)(=O)c2ccc(C(F)(F)F)c(C)c2)C1. The van der Waals surface area contributed by atoms with Gasteiger partial charge in [-0.2, -0.15) is 13.2 Å². The van der Waals surface area contributed by atoms with Crippen LogP contribution < -0.4 is 4.72 Å². The Hall–Kier alpha value is -1.65. The fourth-order valence-electron chi connectivity index (χ4n) is 3.06. The Bertz CT molecular complexity index is 774. The quantitative estimate of drug-likeness (QED) is 0.741. The number of hydrogen-bond acceptors (Lipinski definition) is 4. The molecule has 1 saturated carbocycles. The Morgan fingerprint density at radius 2 is 1.96 bits per heavy atom. The van der Waals surface area contributed by atoms with E-state index in [0.29, 0.717) is 19.4 Å². The van der Waals surface area contributed by atoms with Crippen LogP contribution in [0.1, 0.15) is 30.9 Å². The fourth-order valence-corrected chi connectivity index (χ4v) is 4.41. The van der Waals surface area contributed by atoms with Crippen molar-refractivity contribution in [3.63, 3.8) is 0 Å². The number of carboxylic acid groups (broad SMARTS) is 1. The zero-order chi connectivity index (χ0) is 19.7. The molecule has 1 aromatic carbocycles. The van der Waals surface area contributed by atoms with Crippen molar-refractivity contribution in [1.82, 2.24) is 9.62 Å². The van der Waals surface area contributed by atoms with Gasteiger partial charge in [0.2, 0.25) is 10.0 Å². The summed E-state index contributed by atoms with van der Waals surface area (Å²) < 4.78 is 65.6. The predicted octanol–water partition coefficient (Wildman–Crippen LogP) is 2.23. The van der Waals surface area contributed by atoms with Crippen LogP contribution >= 0.6 is 0 Å². The van der Waals surface area contributed by atoms with Crippen molar-refractivity contribution >= 4 is 16.0 Å². The summed E-state index contributed by atoms with van der Waals surface area (Å²) in [6.45, 7) is 3.46. The minimum atomic E-state index is -4.53. The molecule has 6 nitrogen and oxygen atoms in total. The van der Waals surface area contributed by atoms with Crippen LogP contribution in [0, 0.1) is 6.92 Å². The lowest BCUT2D eigenvalue weighted by Crippen LogP contribution is -2.54. The molecule has 1 aliphatic carbocycles. The van der Waals surface area contributed by atoms with Gasteiger partial charge in [-0.1, -0.05) is 6.92 Å². The smallest absolute Gasteiger partial charge is 0.416 e. The largest absolute Gasteiger partial charge is 0.480 e. The molecule has 0 unspecified atom stereocenters. The number of sulfonamides is 1. The Morgan fingerprint density at radius 1 is 1.35 bits per heavy atom. The number of alkyl halides is 3. The number of carboxylic acids is 1. The van der Waals surface area contributed by atoms with E-state index in [1.54, 1.807) is 4.90 Å². The van der Waals surface area contributed by atoms with Crippen LogP contribution in [0.2, 0.25) is 0 Å². The van der Waals surface area contributed by atoms with Crippen LogP contribution in [0.25, 0.3) is 0 Å². The summed E-state index contributed by atoms with van der Waals surface area (Å²) in [6.07, 6.45) is -3.62. The van der Waals surface area contributed by atoms with Gasteiger partial charge >= 0.3 is 12.1 Å². The van der Waals surface area contributed by atoms with E-state index in [1.807, 2.05) is 6.92 Å². The summed E-state index contributed by atoms with van der Waals surface area (Å²) in [7, 11) is -3.94. The van der Waals surface area contributed by atoms with E-state index >= 15 is 0 Å². The molecule has 26 heavy (non-hydrogen) atoms. The van der Waals surface area contributed by atoms with Crippen LogP contribution in [0.5, 0.6) is 0 Å². The Morgan fingerprint density at radius 3 is 2.42 bits per heavy atom. The Labute approximate surface area is 150 Å². The first-order valence-corrected chi connectivity index (χ1v) is 9.58. The molecular formula is C16H21F3N2O4S. The standard InChI is InChI=1S/C16H21F3N2O4S/c1-3-21(9-15(22)23)12-7-11(8-12)20-26(24,25)13-4-5-14(10(2)6-13)16(17,18)19/h4-6,11-12,20H,3,7-9H2,1-2H3,(H,22,23). The van der Waals surface area contributed by atoms with Crippen LogP contribution in [0.15, 0.2) is 23.1 Å². The second kappa shape index (κ2) is 7.53. The molecule has 0 amide bonds. The molecule has 0 bridgehead atoms. The molecule has 0 heterocycles. The van der Waals surface area contributed by atoms with Crippen LogP contribution in [0.4, 0.5) is 13.2 Å². The molecule has 1 fully saturated rings. The van der Waals surface area contributed by atoms with Crippen LogP contribution in [-0.4, -0.2) is 49.6 Å². The highest BCUT2D eigenvalue weighted by Crippen LogP contribution is 2.33. The van der Waals surface area contributed by atoms with Gasteiger partial charge in [0, 0.05) is 12.1 Å². The highest BCUT2D eigenvalue weighted by molar-refractivity contribution is 7.89. The summed E-state index contributed by atoms with van der Waals surface area (Å²) in [5.74, 6) is -0.948. The van der Waals surface area contributed by atoms with Gasteiger partial charge in [0.25, 0.3) is 0 Å². The lowest BCUT2D eigenvalue weighted by Gasteiger charge is -2.42. The molecule has 10 heteroatoms. The van der Waals surface area contributed by atoms with E-state index in [0.717, 1.165) is 18.2 Å². The third kappa shape index (κ3) is 4.74. The van der Waals surface area contributed by atoms with E-state index in [2.05, 4.69) is 4.72 Å². The number of halogens is 3. The summed E-state index contributed by atoms with van der Waals surface area (Å²) in [4.78, 5) is 12.3. The molecule has 0 aliphatic heterocycles. The first-order valence-electron chi connectivity index (χ1n) is 8.10. The number of benzene rings is 1. The van der Waals surface area contributed by atoms with Gasteiger partial charge in [0.05, 0.1) is 17.0 Å². The van der Waals surface area contributed by atoms with Crippen LogP contribution in [0.3, 0.4) is 0 Å². The zero-order valence-electron chi connectivity index (χ0n) is 14.4. The van der Waals surface area contributed by atoms with Gasteiger partial charge < -0.3 is 5.11 Å². The number of carbonyl (C=O) groups is 1. The molecule has 0 aromatic heterocycles. The van der Waals surface area contributed by atoms with E-state index in [-0.39, 0.29) is 29.1 Å². The maximum Gasteiger partial charge on any atom is 0.416 e. The number of aryl methyl sites for hydroxylation is 1. The highest BCUT2D eigenvalue weighted by Gasteiger charge is 2.37. The molecule has 1 aromatic rings. The highest BCUT2D eigenvalue weighted by atomic mass is 32.2. The topological polar surface area (TPSA) is 86.7 Å². The minimum Gasteiger partial charge on any atom is -0.480 e. The monoisotopic (exact) mass is 394 g/mol. The zero-order valence-corrected chi connectivity index (χ0v) is 15.2. The van der Waals surface area contributed by atoms with Crippen molar-refractivity contribution in [3.8, 4) is 0 Å². The van der Waals surface area contributed by atoms with Crippen molar-refractivity contribution in [1.29, 1.82) is 0 Å². The summed E-state index contributed by atoms with van der Waals surface area (Å²) in [6, 6.07) is 2.31. The van der Waals surface area contributed by atoms with Crippen molar-refractivity contribution < 1.29 is 31.5 Å². The first-order chi connectivity index (χ1) is 11.9. The lowest BCUT2D eigenvalue weighted by molar-refractivity contribution is -0.139. The van der Waals surface area contributed by atoms with Gasteiger partial charge in [0.15, 0.2) is 0 Å². The number of nitrogens with one attached hydrogen (secondary N) is 1. The molecule has 0 radical (unpaired) electrons. The summed E-state index contributed by atoms with van der Waals surface area (Å²) in [5, 5.41) is 8.86. The van der Waals surface area contributed by atoms with E-state index in [9.17, 15) is 26.4 Å². The third-order valence-electron chi connectivity index (χ3n) is 4.51. The normalized spacial score (nSPS) is 20.8. The lowest BCUT2D eigenvalue weighted by atomic mass is 9.86. The van der Waals surface area contributed by atoms with Crippen molar-refractivity contribution in [2.24, 2.45) is 0 Å². The number of nitrogens with zero attached hydrogens (tertiary/aromatic N) is 1. The van der Waals surface area contributed by atoms with Crippen molar-refractivity contribution in [2.75, 3.05) is 13.1 Å². The average Bonchev–Trinajstić information content (AvgIpc) is 2.47. The molecule has 0 saturated heterocycles. The second-order valence-electron chi connectivity index (χ2n) is 6.37. The van der Waals surface area contributed by atoms with Gasteiger partial charge in [-0.3, -0.25) is 9.69 Å². The molecule has 0 atom stereocenters. The first kappa shape index (κ1) is 20.7. The van der Waals surface area contributed by atoms with Crippen molar-refractivity contribution in [2.45, 2.75) is 49.8 Å². The molecule has 1 aliphatic rings. The van der Waals surface area contributed by atoms with Gasteiger partial charge in [-0.15, -0.1) is 0 Å². The van der Waals surface area contributed by atoms with E-state index in [4.69, 9.17) is 5.11 Å².